The highest BCUT2D eigenvalue weighted by molar-refractivity contribution is 9.10. The van der Waals surface area contributed by atoms with Crippen LogP contribution in [-0.4, -0.2) is 34.9 Å². The summed E-state index contributed by atoms with van der Waals surface area (Å²) in [6.07, 6.45) is 0.397. The number of thiol groups is 1. The van der Waals surface area contributed by atoms with Gasteiger partial charge in [0, 0.05) is 28.4 Å². The molecule has 24 heavy (non-hydrogen) atoms. The summed E-state index contributed by atoms with van der Waals surface area (Å²) in [4.78, 5) is 17.9. The third-order valence-electron chi connectivity index (χ3n) is 2.90. The van der Waals surface area contributed by atoms with Crippen LogP contribution in [-0.2, 0) is 4.79 Å². The molecule has 1 heterocycles. The van der Waals surface area contributed by atoms with Crippen LogP contribution in [0.25, 0.3) is 0 Å². The molecule has 5 nitrogen and oxygen atoms in total. The first-order valence-electron chi connectivity index (χ1n) is 7.31. The molecule has 8 heteroatoms. The van der Waals surface area contributed by atoms with Crippen LogP contribution in [0.2, 0.25) is 0 Å². The number of hydrogen-bond donors (Lipinski definition) is 4. The molecule has 0 atom stereocenters. The van der Waals surface area contributed by atoms with Gasteiger partial charge in [0.2, 0.25) is 5.91 Å². The number of rotatable bonds is 8. The van der Waals surface area contributed by atoms with Crippen LogP contribution >= 0.6 is 40.3 Å². The maximum Gasteiger partial charge on any atom is 0.225 e. The molecule has 2 aromatic rings. The number of aliphatic hydroxyl groups is 1. The van der Waals surface area contributed by atoms with E-state index in [0.717, 1.165) is 20.1 Å². The lowest BCUT2D eigenvalue weighted by atomic mass is 10.3. The molecule has 2 rings (SSSR count). The maximum atomic E-state index is 11.5. The van der Waals surface area contributed by atoms with Crippen molar-refractivity contribution in [2.45, 2.75) is 16.2 Å². The summed E-state index contributed by atoms with van der Waals surface area (Å²) < 4.78 is 0.726. The minimum absolute atomic E-state index is 0.0388. The van der Waals surface area contributed by atoms with Gasteiger partial charge in [-0.15, -0.1) is 0 Å². The lowest BCUT2D eigenvalue weighted by molar-refractivity contribution is -0.115. The van der Waals surface area contributed by atoms with Crippen molar-refractivity contribution in [2.24, 2.45) is 0 Å². The minimum Gasteiger partial charge on any atom is -0.395 e. The molecule has 1 aromatic carbocycles. The van der Waals surface area contributed by atoms with Crippen LogP contribution in [0, 0.1) is 0 Å². The molecular weight excluding hydrogens is 410 g/mol. The van der Waals surface area contributed by atoms with Crippen molar-refractivity contribution in [3.8, 4) is 0 Å². The first-order chi connectivity index (χ1) is 11.6. The number of nitrogens with zero attached hydrogens (tertiary/aromatic N) is 1. The smallest absolute Gasteiger partial charge is 0.225 e. The molecule has 0 radical (unpaired) electrons. The van der Waals surface area contributed by atoms with E-state index in [9.17, 15) is 4.79 Å². The Bertz CT molecular complexity index is 684. The highest BCUT2D eigenvalue weighted by Gasteiger charge is 2.05. The number of carbonyl (C=O) groups excluding carboxylic acids is 1. The van der Waals surface area contributed by atoms with Crippen LogP contribution in [0.3, 0.4) is 0 Å². The summed E-state index contributed by atoms with van der Waals surface area (Å²) >= 11 is 9.02. The zero-order valence-electron chi connectivity index (χ0n) is 12.8. The molecule has 0 saturated heterocycles. The molecular formula is C16H18BrN3O2S2. The summed E-state index contributed by atoms with van der Waals surface area (Å²) in [5, 5.41) is 14.8. The second-order valence-electron chi connectivity index (χ2n) is 4.81. The van der Waals surface area contributed by atoms with Crippen LogP contribution in [0.5, 0.6) is 0 Å². The minimum atomic E-state index is -0.0388. The Labute approximate surface area is 159 Å². The molecule has 0 aliphatic heterocycles. The normalized spacial score (nSPS) is 10.5. The van der Waals surface area contributed by atoms with Crippen molar-refractivity contribution < 1.29 is 9.90 Å². The van der Waals surface area contributed by atoms with E-state index in [1.165, 1.54) is 0 Å². The zero-order chi connectivity index (χ0) is 17.4. The van der Waals surface area contributed by atoms with E-state index in [1.807, 2.05) is 36.4 Å². The third-order valence-corrected chi connectivity index (χ3v) is 4.51. The number of carbonyl (C=O) groups is 1. The van der Waals surface area contributed by atoms with E-state index in [2.05, 4.69) is 44.2 Å². The van der Waals surface area contributed by atoms with Crippen LogP contribution in [0.15, 0.2) is 50.8 Å². The van der Waals surface area contributed by atoms with E-state index in [1.54, 1.807) is 11.8 Å². The molecule has 0 aliphatic carbocycles. The molecule has 1 aromatic heterocycles. The second kappa shape index (κ2) is 9.93. The van der Waals surface area contributed by atoms with E-state index in [-0.39, 0.29) is 12.5 Å². The van der Waals surface area contributed by atoms with Gasteiger partial charge in [0.25, 0.3) is 0 Å². The standard InChI is InChI=1S/C16H18BrN3O2S2/c17-14-9-13(10-15(20-14)18-6-7-21)24-12-3-1-11(2-4-12)19-16(22)5-8-23/h1-4,9-10,21,23H,5-8H2,(H,18,20)(H,19,22). The molecule has 0 aliphatic rings. The van der Waals surface area contributed by atoms with Gasteiger partial charge < -0.3 is 15.7 Å². The Morgan fingerprint density at radius 1 is 1.25 bits per heavy atom. The summed E-state index contributed by atoms with van der Waals surface area (Å²) in [5.74, 6) is 1.20. The molecule has 0 spiro atoms. The van der Waals surface area contributed by atoms with Crippen molar-refractivity contribution >= 4 is 57.7 Å². The Morgan fingerprint density at radius 2 is 2.00 bits per heavy atom. The average Bonchev–Trinajstić information content (AvgIpc) is 2.54. The van der Waals surface area contributed by atoms with Gasteiger partial charge in [-0.1, -0.05) is 11.8 Å². The van der Waals surface area contributed by atoms with Gasteiger partial charge in [-0.3, -0.25) is 4.79 Å². The molecule has 0 fully saturated rings. The van der Waals surface area contributed by atoms with Crippen molar-refractivity contribution in [3.05, 3.63) is 41.0 Å². The zero-order valence-corrected chi connectivity index (χ0v) is 16.1. The van der Waals surface area contributed by atoms with Gasteiger partial charge >= 0.3 is 0 Å². The largest absolute Gasteiger partial charge is 0.395 e. The molecule has 0 bridgehead atoms. The lowest BCUT2D eigenvalue weighted by Crippen LogP contribution is -2.11. The third kappa shape index (κ3) is 6.35. The maximum absolute atomic E-state index is 11.5. The van der Waals surface area contributed by atoms with E-state index >= 15 is 0 Å². The van der Waals surface area contributed by atoms with Gasteiger partial charge in [-0.25, -0.2) is 4.98 Å². The van der Waals surface area contributed by atoms with Crippen LogP contribution in [0.1, 0.15) is 6.42 Å². The number of aliphatic hydroxyl groups excluding tert-OH is 1. The van der Waals surface area contributed by atoms with E-state index in [0.29, 0.717) is 24.5 Å². The van der Waals surface area contributed by atoms with E-state index in [4.69, 9.17) is 5.11 Å². The Hall–Kier alpha value is -1.22. The highest BCUT2D eigenvalue weighted by Crippen LogP contribution is 2.31. The van der Waals surface area contributed by atoms with Crippen molar-refractivity contribution in [1.29, 1.82) is 0 Å². The summed E-state index contributed by atoms with van der Waals surface area (Å²) in [6, 6.07) is 11.5. The van der Waals surface area contributed by atoms with Crippen LogP contribution in [0.4, 0.5) is 11.5 Å². The Morgan fingerprint density at radius 3 is 2.67 bits per heavy atom. The second-order valence-corrected chi connectivity index (χ2v) is 7.22. The van der Waals surface area contributed by atoms with Gasteiger partial charge in [0.1, 0.15) is 10.4 Å². The van der Waals surface area contributed by atoms with Gasteiger partial charge in [-0.05, 0) is 58.1 Å². The summed E-state index contributed by atoms with van der Waals surface area (Å²) in [7, 11) is 0. The number of amides is 1. The number of halogens is 1. The molecule has 3 N–H and O–H groups in total. The monoisotopic (exact) mass is 427 g/mol. The number of benzene rings is 1. The number of nitrogens with one attached hydrogen (secondary N) is 2. The summed E-state index contributed by atoms with van der Waals surface area (Å²) in [6.45, 7) is 0.505. The lowest BCUT2D eigenvalue weighted by Gasteiger charge is -2.08. The predicted molar refractivity (Wildman–Crippen MR) is 105 cm³/mol. The molecule has 1 amide bonds. The van der Waals surface area contributed by atoms with Crippen LogP contribution < -0.4 is 10.6 Å². The van der Waals surface area contributed by atoms with Gasteiger partial charge in [0.05, 0.1) is 6.61 Å². The number of anilines is 2. The Kier molecular flexibility index (Phi) is 7.90. The van der Waals surface area contributed by atoms with Crippen molar-refractivity contribution in [3.63, 3.8) is 0 Å². The van der Waals surface area contributed by atoms with Crippen molar-refractivity contribution in [1.82, 2.24) is 4.98 Å². The molecule has 0 saturated carbocycles. The number of aromatic nitrogens is 1. The first-order valence-corrected chi connectivity index (χ1v) is 9.56. The SMILES string of the molecule is O=C(CCS)Nc1ccc(Sc2cc(Br)nc(NCCO)c2)cc1. The van der Waals surface area contributed by atoms with Gasteiger partial charge in [-0.2, -0.15) is 12.6 Å². The molecule has 128 valence electrons. The van der Waals surface area contributed by atoms with Gasteiger partial charge in [0.15, 0.2) is 0 Å². The van der Waals surface area contributed by atoms with E-state index < -0.39 is 0 Å². The summed E-state index contributed by atoms with van der Waals surface area (Å²) in [5.41, 5.74) is 0.771. The fourth-order valence-corrected chi connectivity index (χ4v) is 3.55. The number of hydrogen-bond acceptors (Lipinski definition) is 6. The van der Waals surface area contributed by atoms with Crippen molar-refractivity contribution in [2.75, 3.05) is 29.5 Å². The molecule has 0 unspecified atom stereocenters. The topological polar surface area (TPSA) is 74.2 Å². The fraction of sp³-hybridized carbons (Fsp3) is 0.250. The predicted octanol–water partition coefficient (Wildman–Crippen LogP) is 3.66. The number of pyridine rings is 1. The fourth-order valence-electron chi connectivity index (χ4n) is 1.87. The Balaban J connectivity index is 2.03. The quantitative estimate of drug-likeness (QED) is 0.382. The average molecular weight is 428 g/mol. The first kappa shape index (κ1) is 19.1. The highest BCUT2D eigenvalue weighted by atomic mass is 79.9.